The Kier molecular flexibility index (Phi) is 5.21. The number of fused-ring (bicyclic) bond motifs is 1. The molecule has 118 valence electrons. The second kappa shape index (κ2) is 7.32. The summed E-state index contributed by atoms with van der Waals surface area (Å²) < 4.78 is 0. The van der Waals surface area contributed by atoms with E-state index in [4.69, 9.17) is 5.26 Å². The molecule has 5 heteroatoms. The monoisotopic (exact) mass is 309 g/mol. The van der Waals surface area contributed by atoms with Crippen molar-refractivity contribution in [1.29, 1.82) is 5.26 Å². The van der Waals surface area contributed by atoms with Gasteiger partial charge in [-0.25, -0.2) is 0 Å². The van der Waals surface area contributed by atoms with Gasteiger partial charge in [0.05, 0.1) is 0 Å². The van der Waals surface area contributed by atoms with Gasteiger partial charge in [0.2, 0.25) is 0 Å². The third kappa shape index (κ3) is 4.01. The summed E-state index contributed by atoms with van der Waals surface area (Å²) in [4.78, 5) is 11.9. The summed E-state index contributed by atoms with van der Waals surface area (Å²) in [6.07, 6.45) is 1.38. The van der Waals surface area contributed by atoms with E-state index in [1.165, 1.54) is 6.20 Å². The van der Waals surface area contributed by atoms with E-state index in [0.29, 0.717) is 23.5 Å². The molecule has 5 nitrogen and oxygen atoms in total. The number of phenols is 1. The lowest BCUT2D eigenvalue weighted by atomic mass is 10.1. The maximum Gasteiger partial charge on any atom is 0.263 e. The van der Waals surface area contributed by atoms with Crippen LogP contribution in [0.25, 0.3) is 10.8 Å². The number of hydrogen-bond acceptors (Lipinski definition) is 4. The van der Waals surface area contributed by atoms with Crippen molar-refractivity contribution in [1.82, 2.24) is 5.32 Å². The van der Waals surface area contributed by atoms with Gasteiger partial charge in [0.25, 0.3) is 5.91 Å². The lowest BCUT2D eigenvalue weighted by Crippen LogP contribution is -2.28. The predicted molar refractivity (Wildman–Crippen MR) is 90.8 cm³/mol. The van der Waals surface area contributed by atoms with Crippen LogP contribution in [0.15, 0.2) is 48.2 Å². The highest BCUT2D eigenvalue weighted by molar-refractivity contribution is 6.00. The van der Waals surface area contributed by atoms with Crippen LogP contribution in [0.1, 0.15) is 13.8 Å². The van der Waals surface area contributed by atoms with E-state index in [1.54, 1.807) is 24.3 Å². The van der Waals surface area contributed by atoms with Crippen molar-refractivity contribution in [2.75, 3.05) is 11.9 Å². The molecule has 0 aliphatic heterocycles. The Bertz CT molecular complexity index is 788. The van der Waals surface area contributed by atoms with Crippen molar-refractivity contribution in [3.63, 3.8) is 0 Å². The number of nitrogens with one attached hydrogen (secondary N) is 2. The summed E-state index contributed by atoms with van der Waals surface area (Å²) in [6.45, 7) is 4.48. The minimum Gasteiger partial charge on any atom is -0.507 e. The summed E-state index contributed by atoms with van der Waals surface area (Å²) in [6, 6.07) is 12.5. The Morgan fingerprint density at radius 3 is 2.65 bits per heavy atom. The topological polar surface area (TPSA) is 85.2 Å². The number of carbonyl (C=O) groups is 1. The van der Waals surface area contributed by atoms with Crippen LogP contribution in [-0.2, 0) is 4.79 Å². The zero-order valence-corrected chi connectivity index (χ0v) is 13.1. The van der Waals surface area contributed by atoms with E-state index in [1.807, 2.05) is 32.0 Å². The average Bonchev–Trinajstić information content (AvgIpc) is 2.54. The summed E-state index contributed by atoms with van der Waals surface area (Å²) in [5, 5.41) is 26.2. The summed E-state index contributed by atoms with van der Waals surface area (Å²) >= 11 is 0. The van der Waals surface area contributed by atoms with Crippen molar-refractivity contribution in [2.45, 2.75) is 13.8 Å². The van der Waals surface area contributed by atoms with Crippen LogP contribution in [0.3, 0.4) is 0 Å². The first kappa shape index (κ1) is 16.4. The Morgan fingerprint density at radius 2 is 1.96 bits per heavy atom. The molecule has 1 amide bonds. The number of rotatable bonds is 5. The van der Waals surface area contributed by atoms with E-state index in [2.05, 4.69) is 10.6 Å². The highest BCUT2D eigenvalue weighted by atomic mass is 16.3. The quantitative estimate of drug-likeness (QED) is 0.585. The normalized spacial score (nSPS) is 11.3. The van der Waals surface area contributed by atoms with Crippen LogP contribution >= 0.6 is 0 Å². The molecule has 0 saturated carbocycles. The minimum absolute atomic E-state index is 0.00260. The third-order valence-corrected chi connectivity index (χ3v) is 3.31. The van der Waals surface area contributed by atoms with Gasteiger partial charge in [0, 0.05) is 29.2 Å². The SMILES string of the molecule is CC(C)CNC(=O)/C(C#N)=C\Nc1cccc2c(O)cccc12. The molecule has 0 aromatic heterocycles. The standard InChI is InChI=1S/C18H19N3O2/c1-12(2)10-21-18(23)13(9-19)11-20-16-7-3-6-15-14(16)5-4-8-17(15)22/h3-8,11-12,20,22H,10H2,1-2H3,(H,21,23)/b13-11-. The van der Waals surface area contributed by atoms with Crippen molar-refractivity contribution < 1.29 is 9.90 Å². The van der Waals surface area contributed by atoms with Gasteiger partial charge in [-0.2, -0.15) is 5.26 Å². The fourth-order valence-electron chi connectivity index (χ4n) is 2.11. The molecule has 0 bridgehead atoms. The van der Waals surface area contributed by atoms with Crippen LogP contribution in [0, 0.1) is 17.2 Å². The molecule has 2 aromatic carbocycles. The lowest BCUT2D eigenvalue weighted by molar-refractivity contribution is -0.117. The molecule has 0 aliphatic carbocycles. The number of amides is 1. The fourth-order valence-corrected chi connectivity index (χ4v) is 2.11. The van der Waals surface area contributed by atoms with E-state index in [-0.39, 0.29) is 11.3 Å². The summed E-state index contributed by atoms with van der Waals surface area (Å²) in [7, 11) is 0. The van der Waals surface area contributed by atoms with Crippen molar-refractivity contribution >= 4 is 22.4 Å². The molecule has 2 rings (SSSR count). The minimum atomic E-state index is -0.406. The molecule has 23 heavy (non-hydrogen) atoms. The number of nitriles is 1. The maximum atomic E-state index is 11.9. The molecule has 2 aromatic rings. The first-order chi connectivity index (χ1) is 11.0. The Balaban J connectivity index is 2.23. The number of phenolic OH excluding ortho intramolecular Hbond substituents is 1. The van der Waals surface area contributed by atoms with Crippen molar-refractivity contribution in [3.05, 3.63) is 48.2 Å². The summed E-state index contributed by atoms with van der Waals surface area (Å²) in [5.41, 5.74) is 0.714. The highest BCUT2D eigenvalue weighted by Crippen LogP contribution is 2.29. The molecular weight excluding hydrogens is 290 g/mol. The van der Waals surface area contributed by atoms with Crippen LogP contribution in [0.2, 0.25) is 0 Å². The zero-order chi connectivity index (χ0) is 16.8. The third-order valence-electron chi connectivity index (χ3n) is 3.31. The molecule has 0 aliphatic rings. The van der Waals surface area contributed by atoms with Crippen LogP contribution in [0.5, 0.6) is 5.75 Å². The van der Waals surface area contributed by atoms with Crippen LogP contribution < -0.4 is 10.6 Å². The molecule has 3 N–H and O–H groups in total. The van der Waals surface area contributed by atoms with Crippen LogP contribution in [-0.4, -0.2) is 17.6 Å². The van der Waals surface area contributed by atoms with E-state index < -0.39 is 5.91 Å². The number of nitrogens with zero attached hydrogens (tertiary/aromatic N) is 1. The van der Waals surface area contributed by atoms with Crippen LogP contribution in [0.4, 0.5) is 5.69 Å². The molecule has 0 atom stereocenters. The molecule has 0 heterocycles. The lowest BCUT2D eigenvalue weighted by Gasteiger charge is -2.09. The Labute approximate surface area is 135 Å². The van der Waals surface area contributed by atoms with Crippen molar-refractivity contribution in [3.8, 4) is 11.8 Å². The first-order valence-electron chi connectivity index (χ1n) is 7.38. The molecule has 0 saturated heterocycles. The largest absolute Gasteiger partial charge is 0.507 e. The number of anilines is 1. The van der Waals surface area contributed by atoms with E-state index in [0.717, 1.165) is 5.39 Å². The first-order valence-corrected chi connectivity index (χ1v) is 7.38. The van der Waals surface area contributed by atoms with Gasteiger partial charge in [-0.3, -0.25) is 4.79 Å². The van der Waals surface area contributed by atoms with E-state index >= 15 is 0 Å². The molecule has 0 unspecified atom stereocenters. The Hall–Kier alpha value is -3.00. The molecule has 0 radical (unpaired) electrons. The fraction of sp³-hybridized carbons (Fsp3) is 0.222. The predicted octanol–water partition coefficient (Wildman–Crippen LogP) is 3.14. The summed E-state index contributed by atoms with van der Waals surface area (Å²) in [5.74, 6) is 0.0926. The second-order valence-electron chi connectivity index (χ2n) is 5.60. The van der Waals surface area contributed by atoms with Gasteiger partial charge in [-0.05, 0) is 18.1 Å². The van der Waals surface area contributed by atoms with E-state index in [9.17, 15) is 9.90 Å². The number of carbonyl (C=O) groups excluding carboxylic acids is 1. The number of hydrogen-bond donors (Lipinski definition) is 3. The molecule has 0 fully saturated rings. The van der Waals surface area contributed by atoms with Gasteiger partial charge < -0.3 is 15.7 Å². The second-order valence-corrected chi connectivity index (χ2v) is 5.60. The van der Waals surface area contributed by atoms with Gasteiger partial charge >= 0.3 is 0 Å². The molecular formula is C18H19N3O2. The highest BCUT2D eigenvalue weighted by Gasteiger charge is 2.09. The van der Waals surface area contributed by atoms with Gasteiger partial charge in [-0.15, -0.1) is 0 Å². The average molecular weight is 309 g/mol. The number of aromatic hydroxyl groups is 1. The van der Waals surface area contributed by atoms with Crippen molar-refractivity contribution in [2.24, 2.45) is 5.92 Å². The maximum absolute atomic E-state index is 11.9. The van der Waals surface area contributed by atoms with Gasteiger partial charge in [-0.1, -0.05) is 38.1 Å². The molecule has 0 spiro atoms. The number of benzene rings is 2. The smallest absolute Gasteiger partial charge is 0.263 e. The Morgan fingerprint density at radius 1 is 1.26 bits per heavy atom. The van der Waals surface area contributed by atoms with Gasteiger partial charge in [0.15, 0.2) is 0 Å². The zero-order valence-electron chi connectivity index (χ0n) is 13.1. The van der Waals surface area contributed by atoms with Gasteiger partial charge in [0.1, 0.15) is 17.4 Å².